The van der Waals surface area contributed by atoms with Crippen molar-refractivity contribution in [2.24, 2.45) is 0 Å². The van der Waals surface area contributed by atoms with Crippen LogP contribution in [0.15, 0.2) is 24.3 Å². The van der Waals surface area contributed by atoms with Gasteiger partial charge in [0, 0.05) is 30.5 Å². The summed E-state index contributed by atoms with van der Waals surface area (Å²) >= 11 is 1.29. The van der Waals surface area contributed by atoms with E-state index >= 15 is 0 Å². The maximum Gasteiger partial charge on any atom is 0.401 e. The lowest BCUT2D eigenvalue weighted by atomic mass is 10.2. The Kier molecular flexibility index (Phi) is 8.90. The molecule has 0 aliphatic heterocycles. The molecule has 0 bridgehead atoms. The Bertz CT molecular complexity index is 699. The Labute approximate surface area is 173 Å². The van der Waals surface area contributed by atoms with E-state index in [2.05, 4.69) is 39.3 Å². The number of hydrogen-bond acceptors (Lipinski definition) is 6. The zero-order valence-corrected chi connectivity index (χ0v) is 20.3. The molecule has 0 aliphatic rings. The van der Waals surface area contributed by atoms with E-state index in [1.54, 1.807) is 16.7 Å². The zero-order valence-electron chi connectivity index (χ0n) is 17.5. The van der Waals surface area contributed by atoms with Gasteiger partial charge in [0.25, 0.3) is 5.69 Å². The van der Waals surface area contributed by atoms with Crippen LogP contribution in [0.1, 0.15) is 5.56 Å². The van der Waals surface area contributed by atoms with E-state index in [0.717, 1.165) is 0 Å². The smallest absolute Gasteiger partial charge is 0.401 e. The number of amides is 1. The van der Waals surface area contributed by atoms with Gasteiger partial charge < -0.3 is 9.30 Å². The largest absolute Gasteiger partial charge is 0.445 e. The predicted molar refractivity (Wildman–Crippen MR) is 119 cm³/mol. The maximum atomic E-state index is 12.6. The molecule has 0 heterocycles. The number of nitro benzene ring substituents is 1. The second-order valence-corrected chi connectivity index (χ2v) is 20.3. The summed E-state index contributed by atoms with van der Waals surface area (Å²) in [5.74, 6) is 0.556. The van der Waals surface area contributed by atoms with Crippen molar-refractivity contribution in [2.75, 3.05) is 12.3 Å². The van der Waals surface area contributed by atoms with Gasteiger partial charge in [-0.2, -0.15) is 0 Å². The third-order valence-electron chi connectivity index (χ3n) is 3.79. The van der Waals surface area contributed by atoms with Crippen LogP contribution in [0.3, 0.4) is 0 Å². The minimum atomic E-state index is -1.98. The maximum absolute atomic E-state index is 12.6. The van der Waals surface area contributed by atoms with E-state index in [-0.39, 0.29) is 17.4 Å². The second-order valence-electron chi connectivity index (χ2n) is 8.76. The fourth-order valence-electron chi connectivity index (χ4n) is 2.37. The molecule has 0 atom stereocenters. The van der Waals surface area contributed by atoms with Crippen LogP contribution in [-0.4, -0.2) is 49.3 Å². The van der Waals surface area contributed by atoms with Gasteiger partial charge in [-0.05, 0) is 17.7 Å². The van der Waals surface area contributed by atoms with Gasteiger partial charge in [-0.1, -0.05) is 51.0 Å². The van der Waals surface area contributed by atoms with E-state index < -0.39 is 27.3 Å². The van der Waals surface area contributed by atoms with Gasteiger partial charge in [0.05, 0.1) is 13.0 Å². The van der Waals surface area contributed by atoms with Crippen LogP contribution >= 0.6 is 11.8 Å². The molecule has 1 amide bonds. The summed E-state index contributed by atoms with van der Waals surface area (Å²) in [6.45, 7) is 13.2. The Morgan fingerprint density at radius 2 is 1.68 bits per heavy atom. The summed E-state index contributed by atoms with van der Waals surface area (Å²) in [6.07, 6.45) is -0.407. The molecule has 1 aromatic rings. The van der Waals surface area contributed by atoms with Gasteiger partial charge in [0.15, 0.2) is 13.4 Å². The lowest BCUT2D eigenvalue weighted by Gasteiger charge is -2.33. The van der Waals surface area contributed by atoms with Gasteiger partial charge in [0.1, 0.15) is 6.61 Å². The first-order valence-electron chi connectivity index (χ1n) is 9.13. The molecular weight excluding hydrogens is 412 g/mol. The lowest BCUT2D eigenvalue weighted by molar-refractivity contribution is -0.384. The topological polar surface area (TPSA) is 89.8 Å². The second kappa shape index (κ2) is 10.2. The van der Waals surface area contributed by atoms with E-state index in [0.29, 0.717) is 23.9 Å². The van der Waals surface area contributed by atoms with E-state index in [9.17, 15) is 19.7 Å². The molecule has 1 aromatic carbocycles. The normalized spacial score (nSPS) is 11.8. The van der Waals surface area contributed by atoms with Crippen molar-refractivity contribution in [3.8, 4) is 0 Å². The molecule has 0 unspecified atom stereocenters. The fourth-order valence-corrected chi connectivity index (χ4v) is 7.00. The highest BCUT2D eigenvalue weighted by Gasteiger charge is 2.30. The summed E-state index contributed by atoms with van der Waals surface area (Å²) < 4.78 is 7.16. The molecule has 0 N–H and O–H groups in total. The van der Waals surface area contributed by atoms with Crippen LogP contribution in [0.25, 0.3) is 0 Å². The third-order valence-corrected chi connectivity index (χ3v) is 8.31. The van der Waals surface area contributed by atoms with Crippen LogP contribution in [0, 0.1) is 10.1 Å². The standard InChI is InChI=1S/C18H30N2O5SSi2/c1-27(2,3)14-17(21)26-12-11-19(28(4,5)6)18(22)25-13-15-7-9-16(10-8-15)20(23)24/h7-10H,11-14H2,1-6H3. The molecule has 7 nitrogen and oxygen atoms in total. The summed E-state index contributed by atoms with van der Waals surface area (Å²) in [6, 6.07) is 6.57. The molecule has 0 fully saturated rings. The summed E-state index contributed by atoms with van der Waals surface area (Å²) in [5.41, 5.74) is 0.688. The molecule has 156 valence electrons. The molecule has 0 radical (unpaired) electrons. The van der Waals surface area contributed by atoms with Crippen LogP contribution in [0.5, 0.6) is 0 Å². The molecule has 10 heteroatoms. The van der Waals surface area contributed by atoms with Crippen LogP contribution in [-0.2, 0) is 16.1 Å². The average Bonchev–Trinajstić information content (AvgIpc) is 2.54. The SMILES string of the molecule is C[Si](C)(C)CC(=O)SCCN(C(=O)OCc1ccc([N+](=O)[O-])cc1)[Si](C)(C)C. The molecule has 0 spiro atoms. The van der Waals surface area contributed by atoms with Crippen molar-refractivity contribution in [1.29, 1.82) is 0 Å². The predicted octanol–water partition coefficient (Wildman–Crippen LogP) is 4.97. The zero-order chi connectivity index (χ0) is 21.5. The quantitative estimate of drug-likeness (QED) is 0.305. The highest BCUT2D eigenvalue weighted by molar-refractivity contribution is 8.13. The Morgan fingerprint density at radius 3 is 2.14 bits per heavy atom. The Balaban J connectivity index is 2.60. The number of non-ortho nitro benzene ring substituents is 1. The van der Waals surface area contributed by atoms with Gasteiger partial charge in [-0.25, -0.2) is 4.79 Å². The van der Waals surface area contributed by atoms with Crippen molar-refractivity contribution in [1.82, 2.24) is 4.57 Å². The number of carbonyl (C=O) groups is 2. The van der Waals surface area contributed by atoms with Gasteiger partial charge in [-0.15, -0.1) is 0 Å². The number of rotatable bonds is 9. The van der Waals surface area contributed by atoms with Gasteiger partial charge >= 0.3 is 6.09 Å². The molecule has 0 saturated heterocycles. The van der Waals surface area contributed by atoms with Crippen molar-refractivity contribution < 1.29 is 19.2 Å². The van der Waals surface area contributed by atoms with Gasteiger partial charge in [-0.3, -0.25) is 14.9 Å². The molecule has 28 heavy (non-hydrogen) atoms. The minimum Gasteiger partial charge on any atom is -0.445 e. The molecule has 0 saturated carbocycles. The van der Waals surface area contributed by atoms with Gasteiger partial charge in [0.2, 0.25) is 0 Å². The van der Waals surface area contributed by atoms with E-state index in [1.807, 2.05) is 0 Å². The lowest BCUT2D eigenvalue weighted by Crippen LogP contribution is -2.51. The molecular formula is C18H30N2O5SSi2. The monoisotopic (exact) mass is 442 g/mol. The average molecular weight is 443 g/mol. The summed E-state index contributed by atoms with van der Waals surface area (Å²) in [5, 5.41) is 10.9. The number of carbonyl (C=O) groups excluding carboxylic acids is 2. The molecule has 0 aromatic heterocycles. The first-order chi connectivity index (χ1) is 12.8. The first-order valence-corrected chi connectivity index (χ1v) is 17.3. The van der Waals surface area contributed by atoms with E-state index in [1.165, 1.54) is 23.9 Å². The molecule has 0 aliphatic carbocycles. The van der Waals surface area contributed by atoms with Crippen LogP contribution in [0.2, 0.25) is 45.3 Å². The van der Waals surface area contributed by atoms with Crippen molar-refractivity contribution in [2.45, 2.75) is 51.9 Å². The Hall–Kier alpha value is -1.66. The number of ether oxygens (including phenoxy) is 1. The highest BCUT2D eigenvalue weighted by atomic mass is 32.2. The third kappa shape index (κ3) is 9.02. The minimum absolute atomic E-state index is 0.00110. The molecule has 1 rings (SSSR count). The first kappa shape index (κ1) is 24.4. The van der Waals surface area contributed by atoms with Crippen LogP contribution < -0.4 is 0 Å². The Morgan fingerprint density at radius 1 is 1.11 bits per heavy atom. The number of nitro groups is 1. The number of nitrogens with zero attached hydrogens (tertiary/aromatic N) is 2. The fraction of sp³-hybridized carbons (Fsp3) is 0.556. The highest BCUT2D eigenvalue weighted by Crippen LogP contribution is 2.19. The van der Waals surface area contributed by atoms with Crippen molar-refractivity contribution >= 4 is 45.0 Å². The van der Waals surface area contributed by atoms with Crippen LogP contribution in [0.4, 0.5) is 10.5 Å². The van der Waals surface area contributed by atoms with Crippen molar-refractivity contribution in [3.63, 3.8) is 0 Å². The number of hydrogen-bond donors (Lipinski definition) is 0. The van der Waals surface area contributed by atoms with E-state index in [4.69, 9.17) is 4.74 Å². The summed E-state index contributed by atoms with van der Waals surface area (Å²) in [4.78, 5) is 34.9. The number of thioether (sulfide) groups is 1. The summed E-state index contributed by atoms with van der Waals surface area (Å²) in [7, 11) is -3.40. The number of benzene rings is 1. The van der Waals surface area contributed by atoms with Crippen molar-refractivity contribution in [3.05, 3.63) is 39.9 Å².